The number of amides is 1. The van der Waals surface area contributed by atoms with E-state index in [0.29, 0.717) is 5.56 Å². The van der Waals surface area contributed by atoms with Gasteiger partial charge in [0.05, 0.1) is 12.5 Å². The minimum Gasteiger partial charge on any atom is -0.456 e. The van der Waals surface area contributed by atoms with Crippen LogP contribution in [0.3, 0.4) is 0 Å². The molecule has 2 heterocycles. The Bertz CT molecular complexity index is 1100. The molecule has 164 valence electrons. The average molecular weight is 483 g/mol. The van der Waals surface area contributed by atoms with Crippen molar-refractivity contribution in [1.82, 2.24) is 10.0 Å². The summed E-state index contributed by atoms with van der Waals surface area (Å²) < 4.78 is 44.6. The summed E-state index contributed by atoms with van der Waals surface area (Å²) in [7, 11) is -3.66. The van der Waals surface area contributed by atoms with Crippen LogP contribution in [0.15, 0.2) is 63.5 Å². The molecule has 2 aromatic heterocycles. The van der Waals surface area contributed by atoms with Crippen molar-refractivity contribution in [3.05, 3.63) is 75.5 Å². The number of esters is 1. The first-order valence-corrected chi connectivity index (χ1v) is 12.4. The Labute approximate surface area is 186 Å². The van der Waals surface area contributed by atoms with Gasteiger partial charge in [0.15, 0.2) is 6.61 Å². The summed E-state index contributed by atoms with van der Waals surface area (Å²) in [6, 6.07) is 12.0. The van der Waals surface area contributed by atoms with Gasteiger partial charge in [0.1, 0.15) is 10.0 Å². The molecule has 31 heavy (non-hydrogen) atoms. The van der Waals surface area contributed by atoms with Gasteiger partial charge < -0.3 is 10.1 Å². The van der Waals surface area contributed by atoms with Crippen LogP contribution in [-0.4, -0.2) is 33.4 Å². The van der Waals surface area contributed by atoms with Crippen molar-refractivity contribution in [2.45, 2.75) is 16.7 Å². The molecule has 0 saturated heterocycles. The maximum Gasteiger partial charge on any atom is 0.307 e. The number of carbonyl (C=O) groups is 2. The van der Waals surface area contributed by atoms with Crippen LogP contribution in [-0.2, 0) is 24.3 Å². The number of ether oxygens (including phenoxy) is 1. The standard InChI is InChI=1S/C20H19FN2O5S3/c21-15-7-5-14(6-8-15)20(16-3-1-11-29-16)23-17(24)13-28-18(25)9-10-22-31(26,27)19-4-2-12-30-19/h1-8,11-12,20,22H,9-10,13H2,(H,23,24). The van der Waals surface area contributed by atoms with E-state index in [1.807, 2.05) is 17.5 Å². The first kappa shape index (κ1) is 23.1. The van der Waals surface area contributed by atoms with Gasteiger partial charge in [-0.05, 0) is 40.6 Å². The Balaban J connectivity index is 1.48. The van der Waals surface area contributed by atoms with Crippen LogP contribution in [0.25, 0.3) is 0 Å². The lowest BCUT2D eigenvalue weighted by Gasteiger charge is -2.18. The summed E-state index contributed by atoms with van der Waals surface area (Å²) in [5, 5.41) is 6.26. The average Bonchev–Trinajstić information content (AvgIpc) is 3.45. The van der Waals surface area contributed by atoms with Crippen molar-refractivity contribution < 1.29 is 27.1 Å². The van der Waals surface area contributed by atoms with Crippen LogP contribution in [0.1, 0.15) is 22.9 Å². The zero-order valence-electron chi connectivity index (χ0n) is 16.1. The highest BCUT2D eigenvalue weighted by molar-refractivity contribution is 7.91. The number of rotatable bonds is 10. The van der Waals surface area contributed by atoms with E-state index in [9.17, 15) is 22.4 Å². The molecule has 0 radical (unpaired) electrons. The van der Waals surface area contributed by atoms with Crippen LogP contribution in [0, 0.1) is 5.82 Å². The molecule has 1 unspecified atom stereocenters. The fourth-order valence-electron chi connectivity index (χ4n) is 2.63. The lowest BCUT2D eigenvalue weighted by atomic mass is 10.1. The fourth-order valence-corrected chi connectivity index (χ4v) is 5.50. The van der Waals surface area contributed by atoms with E-state index in [1.165, 1.54) is 29.5 Å². The van der Waals surface area contributed by atoms with Gasteiger partial charge in [-0.3, -0.25) is 9.59 Å². The van der Waals surface area contributed by atoms with Gasteiger partial charge in [-0.15, -0.1) is 22.7 Å². The number of benzene rings is 1. The normalized spacial score (nSPS) is 12.3. The number of hydrogen-bond acceptors (Lipinski definition) is 7. The molecule has 0 aliphatic rings. The summed E-state index contributed by atoms with van der Waals surface area (Å²) in [5.74, 6) is -1.63. The molecule has 1 atom stereocenters. The molecule has 1 amide bonds. The second kappa shape index (κ2) is 10.6. The van der Waals surface area contributed by atoms with Gasteiger partial charge in [0.25, 0.3) is 5.91 Å². The number of nitrogens with one attached hydrogen (secondary N) is 2. The van der Waals surface area contributed by atoms with Crippen LogP contribution >= 0.6 is 22.7 Å². The lowest BCUT2D eigenvalue weighted by molar-refractivity contribution is -0.148. The third-order valence-electron chi connectivity index (χ3n) is 4.08. The molecule has 3 rings (SSSR count). The smallest absolute Gasteiger partial charge is 0.307 e. The largest absolute Gasteiger partial charge is 0.456 e. The zero-order chi connectivity index (χ0) is 22.3. The highest BCUT2D eigenvalue weighted by Gasteiger charge is 2.19. The van der Waals surface area contributed by atoms with Crippen LogP contribution in [0.2, 0.25) is 0 Å². The fraction of sp³-hybridized carbons (Fsp3) is 0.200. The van der Waals surface area contributed by atoms with Crippen molar-refractivity contribution in [3.8, 4) is 0 Å². The van der Waals surface area contributed by atoms with Crippen LogP contribution in [0.5, 0.6) is 0 Å². The third-order valence-corrected chi connectivity index (χ3v) is 7.88. The highest BCUT2D eigenvalue weighted by atomic mass is 32.2. The first-order chi connectivity index (χ1) is 14.8. The van der Waals surface area contributed by atoms with E-state index >= 15 is 0 Å². The molecule has 1 aromatic carbocycles. The summed E-state index contributed by atoms with van der Waals surface area (Å²) in [6.07, 6.45) is -0.218. The summed E-state index contributed by atoms with van der Waals surface area (Å²) in [4.78, 5) is 25.0. The molecule has 2 N–H and O–H groups in total. The summed E-state index contributed by atoms with van der Waals surface area (Å²) in [5.41, 5.74) is 0.687. The van der Waals surface area contributed by atoms with Gasteiger partial charge in [0, 0.05) is 11.4 Å². The molecule has 0 fully saturated rings. The monoisotopic (exact) mass is 482 g/mol. The Morgan fingerprint density at radius 2 is 1.74 bits per heavy atom. The molecule has 0 bridgehead atoms. The summed E-state index contributed by atoms with van der Waals surface area (Å²) in [6.45, 7) is -0.659. The quantitative estimate of drug-likeness (QED) is 0.433. The Hall–Kier alpha value is -2.60. The Morgan fingerprint density at radius 3 is 2.39 bits per heavy atom. The van der Waals surface area contributed by atoms with Gasteiger partial charge in [-0.25, -0.2) is 17.5 Å². The van der Waals surface area contributed by atoms with Crippen LogP contribution in [0.4, 0.5) is 4.39 Å². The maximum absolute atomic E-state index is 13.2. The minimum absolute atomic E-state index is 0.145. The van der Waals surface area contributed by atoms with Gasteiger partial charge in [-0.2, -0.15) is 0 Å². The Morgan fingerprint density at radius 1 is 1.03 bits per heavy atom. The predicted molar refractivity (Wildman–Crippen MR) is 116 cm³/mol. The second-order valence-electron chi connectivity index (χ2n) is 6.31. The minimum atomic E-state index is -3.66. The molecule has 11 heteroatoms. The Kier molecular flexibility index (Phi) is 7.91. The van der Waals surface area contributed by atoms with E-state index in [1.54, 1.807) is 23.6 Å². The van der Waals surface area contributed by atoms with E-state index in [2.05, 4.69) is 10.0 Å². The molecule has 3 aromatic rings. The molecular weight excluding hydrogens is 463 g/mol. The molecule has 0 spiro atoms. The van der Waals surface area contributed by atoms with Crippen molar-refractivity contribution >= 4 is 44.6 Å². The SMILES string of the molecule is O=C(COC(=O)CCNS(=O)(=O)c1cccs1)NC(c1ccc(F)cc1)c1cccs1. The van der Waals surface area contributed by atoms with Crippen LogP contribution < -0.4 is 10.0 Å². The van der Waals surface area contributed by atoms with E-state index in [4.69, 9.17) is 4.74 Å². The topological polar surface area (TPSA) is 102 Å². The number of carbonyl (C=O) groups excluding carboxylic acids is 2. The van der Waals surface area contributed by atoms with E-state index in [-0.39, 0.29) is 23.0 Å². The molecule has 0 aliphatic heterocycles. The number of hydrogen-bond donors (Lipinski definition) is 2. The predicted octanol–water partition coefficient (Wildman–Crippen LogP) is 3.07. The van der Waals surface area contributed by atoms with Crippen molar-refractivity contribution in [1.29, 1.82) is 0 Å². The molecule has 7 nitrogen and oxygen atoms in total. The second-order valence-corrected chi connectivity index (χ2v) is 10.2. The lowest BCUT2D eigenvalue weighted by Crippen LogP contribution is -2.33. The van der Waals surface area contributed by atoms with E-state index in [0.717, 1.165) is 16.2 Å². The zero-order valence-corrected chi connectivity index (χ0v) is 18.6. The van der Waals surface area contributed by atoms with Crippen molar-refractivity contribution in [2.75, 3.05) is 13.2 Å². The molecular formula is C20H19FN2O5S3. The van der Waals surface area contributed by atoms with Gasteiger partial charge in [0.2, 0.25) is 10.0 Å². The summed E-state index contributed by atoms with van der Waals surface area (Å²) >= 11 is 2.49. The van der Waals surface area contributed by atoms with Gasteiger partial charge in [-0.1, -0.05) is 24.3 Å². The maximum atomic E-state index is 13.2. The van der Waals surface area contributed by atoms with Crippen molar-refractivity contribution in [3.63, 3.8) is 0 Å². The number of halogens is 1. The number of sulfonamides is 1. The third kappa shape index (κ3) is 6.69. The number of thiophene rings is 2. The highest BCUT2D eigenvalue weighted by Crippen LogP contribution is 2.26. The van der Waals surface area contributed by atoms with Crippen molar-refractivity contribution in [2.24, 2.45) is 0 Å². The van der Waals surface area contributed by atoms with Gasteiger partial charge >= 0.3 is 5.97 Å². The molecule has 0 aliphatic carbocycles. The molecule has 0 saturated carbocycles. The van der Waals surface area contributed by atoms with E-state index < -0.39 is 34.5 Å². The first-order valence-electron chi connectivity index (χ1n) is 9.12.